The molecule has 30 heavy (non-hydrogen) atoms. The monoisotopic (exact) mass is 525 g/mol. The first kappa shape index (κ1) is 24.1. The van der Waals surface area contributed by atoms with Gasteiger partial charge in [-0.2, -0.15) is 0 Å². The molecule has 1 amide bonds. The predicted octanol–water partition coefficient (Wildman–Crippen LogP) is 1.53. The number of benzene rings is 1. The van der Waals surface area contributed by atoms with Crippen LogP contribution in [0.15, 0.2) is 35.3 Å². The van der Waals surface area contributed by atoms with Gasteiger partial charge in [0.25, 0.3) is 0 Å². The van der Waals surface area contributed by atoms with Crippen molar-refractivity contribution in [3.05, 3.63) is 35.9 Å². The number of hydrogen-bond acceptors (Lipinski definition) is 5. The van der Waals surface area contributed by atoms with Crippen molar-refractivity contribution in [2.45, 2.75) is 25.4 Å². The molecule has 0 aliphatic carbocycles. The smallest absolute Gasteiger partial charge is 0.231 e. The van der Waals surface area contributed by atoms with Crippen LogP contribution in [0.3, 0.4) is 0 Å². The Balaban J connectivity index is 0.00000320. The summed E-state index contributed by atoms with van der Waals surface area (Å²) in [5, 5.41) is 8.08. The van der Waals surface area contributed by atoms with E-state index >= 15 is 0 Å². The number of piperidine rings is 1. The number of halogens is 1. The molecule has 2 aromatic rings. The third-order valence-electron chi connectivity index (χ3n) is 5.22. The summed E-state index contributed by atoms with van der Waals surface area (Å²) in [6, 6.07) is 10.6. The van der Waals surface area contributed by atoms with Crippen molar-refractivity contribution in [2.24, 2.45) is 10.7 Å². The second kappa shape index (κ2) is 11.3. The molecule has 2 heterocycles. The number of nitrogens with two attached hydrogens (primary N) is 1. The lowest BCUT2D eigenvalue weighted by atomic mass is 10.1. The number of fused-ring (bicyclic) bond motifs is 1. The van der Waals surface area contributed by atoms with Crippen LogP contribution in [-0.2, 0) is 11.3 Å². The summed E-state index contributed by atoms with van der Waals surface area (Å²) in [7, 11) is 5.78. The third-order valence-corrected chi connectivity index (χ3v) is 5.22. The number of rotatable bonds is 6. The number of primary amides is 1. The van der Waals surface area contributed by atoms with Crippen molar-refractivity contribution in [1.82, 2.24) is 20.5 Å². The highest BCUT2D eigenvalue weighted by molar-refractivity contribution is 14.0. The van der Waals surface area contributed by atoms with Crippen molar-refractivity contribution >= 4 is 52.6 Å². The minimum Gasteiger partial charge on any atom is -0.369 e. The Kier molecular flexibility index (Phi) is 9.09. The van der Waals surface area contributed by atoms with Gasteiger partial charge in [-0.25, -0.2) is 4.98 Å². The largest absolute Gasteiger partial charge is 0.369 e. The number of aromatic nitrogens is 1. The van der Waals surface area contributed by atoms with Crippen molar-refractivity contribution in [3.8, 4) is 0 Å². The van der Waals surface area contributed by atoms with E-state index in [2.05, 4.69) is 32.7 Å². The Bertz CT molecular complexity index is 879. The van der Waals surface area contributed by atoms with Crippen molar-refractivity contribution < 1.29 is 4.79 Å². The summed E-state index contributed by atoms with van der Waals surface area (Å²) in [6.07, 6.45) is 1.91. The number of nitrogens with zero attached hydrogens (tertiary/aromatic N) is 4. The molecule has 9 heteroatoms. The Morgan fingerprint density at radius 3 is 2.63 bits per heavy atom. The Morgan fingerprint density at radius 2 is 2.00 bits per heavy atom. The minimum absolute atomic E-state index is 0. The molecule has 0 spiro atoms. The number of hydrogen-bond donors (Lipinski definition) is 3. The second-order valence-corrected chi connectivity index (χ2v) is 7.64. The fourth-order valence-electron chi connectivity index (χ4n) is 3.63. The van der Waals surface area contributed by atoms with Crippen LogP contribution in [0.5, 0.6) is 0 Å². The zero-order valence-corrected chi connectivity index (χ0v) is 20.2. The number of guanidine groups is 1. The van der Waals surface area contributed by atoms with Crippen LogP contribution in [0.4, 0.5) is 5.82 Å². The number of amides is 1. The molecule has 4 N–H and O–H groups in total. The number of anilines is 1. The molecule has 0 saturated carbocycles. The first-order valence-corrected chi connectivity index (χ1v) is 10.00. The maximum atomic E-state index is 11.1. The van der Waals surface area contributed by atoms with Gasteiger partial charge >= 0.3 is 0 Å². The van der Waals surface area contributed by atoms with E-state index in [1.807, 2.05) is 37.2 Å². The second-order valence-electron chi connectivity index (χ2n) is 7.64. The maximum absolute atomic E-state index is 11.1. The van der Waals surface area contributed by atoms with E-state index in [-0.39, 0.29) is 29.9 Å². The molecular weight excluding hydrogens is 493 g/mol. The van der Waals surface area contributed by atoms with Crippen molar-refractivity contribution in [2.75, 3.05) is 45.7 Å². The average Bonchev–Trinajstić information content (AvgIpc) is 2.71. The maximum Gasteiger partial charge on any atom is 0.231 e. The van der Waals surface area contributed by atoms with Gasteiger partial charge in [0.1, 0.15) is 5.82 Å². The topological polar surface area (TPSA) is 98.9 Å². The molecule has 164 valence electrons. The molecule has 1 aromatic heterocycles. The fourth-order valence-corrected chi connectivity index (χ4v) is 3.63. The summed E-state index contributed by atoms with van der Waals surface area (Å²) in [4.78, 5) is 24.3. The van der Waals surface area contributed by atoms with Gasteiger partial charge < -0.3 is 21.3 Å². The van der Waals surface area contributed by atoms with Crippen LogP contribution in [-0.4, -0.2) is 68.6 Å². The molecule has 0 unspecified atom stereocenters. The number of aliphatic imine (C=N–C) groups is 1. The number of nitrogens with one attached hydrogen (secondary N) is 2. The van der Waals surface area contributed by atoms with Gasteiger partial charge in [0.2, 0.25) is 5.91 Å². The molecule has 1 saturated heterocycles. The molecule has 1 aliphatic heterocycles. The Morgan fingerprint density at radius 1 is 1.30 bits per heavy atom. The summed E-state index contributed by atoms with van der Waals surface area (Å²) in [5.74, 6) is 1.45. The van der Waals surface area contributed by atoms with Crippen LogP contribution in [0.1, 0.15) is 18.4 Å². The number of para-hydroxylation sites is 1. The lowest BCUT2D eigenvalue weighted by molar-refractivity contribution is -0.119. The van der Waals surface area contributed by atoms with E-state index in [9.17, 15) is 4.79 Å². The lowest BCUT2D eigenvalue weighted by Gasteiger charge is -2.32. The van der Waals surface area contributed by atoms with Gasteiger partial charge in [-0.05, 0) is 30.5 Å². The van der Waals surface area contributed by atoms with Crippen LogP contribution >= 0.6 is 24.0 Å². The lowest BCUT2D eigenvalue weighted by Crippen LogP contribution is -2.49. The molecule has 8 nitrogen and oxygen atoms in total. The summed E-state index contributed by atoms with van der Waals surface area (Å²) in [5.41, 5.74) is 7.46. The highest BCUT2D eigenvalue weighted by atomic mass is 127. The number of carbonyl (C=O) groups excluding carboxylic acids is 1. The third kappa shape index (κ3) is 6.43. The predicted molar refractivity (Wildman–Crippen MR) is 133 cm³/mol. The standard InChI is InChI=1S/C21H31N7O.HI/c1-23-21(25-16-8-10-28(11-9-16)14-19(22)29)24-13-15-12-20(27(2)3)26-18-7-5-4-6-17(15)18;/h4-7,12,16H,8-11,13-14H2,1-3H3,(H2,22,29)(H2,23,24,25);1H. The molecule has 1 fully saturated rings. The molecule has 3 rings (SSSR count). The Labute approximate surface area is 195 Å². The van der Waals surface area contributed by atoms with Crippen LogP contribution in [0.25, 0.3) is 10.9 Å². The van der Waals surface area contributed by atoms with Crippen molar-refractivity contribution in [1.29, 1.82) is 0 Å². The van der Waals surface area contributed by atoms with Gasteiger partial charge in [-0.1, -0.05) is 18.2 Å². The van der Waals surface area contributed by atoms with E-state index in [0.717, 1.165) is 48.6 Å². The molecule has 0 radical (unpaired) electrons. The average molecular weight is 525 g/mol. The highest BCUT2D eigenvalue weighted by Gasteiger charge is 2.21. The molecular formula is C21H32IN7O. The highest BCUT2D eigenvalue weighted by Crippen LogP contribution is 2.22. The van der Waals surface area contributed by atoms with E-state index in [1.165, 1.54) is 5.56 Å². The van der Waals surface area contributed by atoms with Gasteiger partial charge in [0, 0.05) is 52.2 Å². The molecule has 1 aliphatic rings. The zero-order chi connectivity index (χ0) is 20.8. The fraction of sp³-hybridized carbons (Fsp3) is 0.476. The van der Waals surface area contributed by atoms with Gasteiger partial charge in [-0.3, -0.25) is 14.7 Å². The van der Waals surface area contributed by atoms with Gasteiger partial charge in [-0.15, -0.1) is 24.0 Å². The molecule has 0 atom stereocenters. The van der Waals surface area contributed by atoms with Crippen LogP contribution in [0.2, 0.25) is 0 Å². The van der Waals surface area contributed by atoms with Gasteiger partial charge in [0.15, 0.2) is 5.96 Å². The summed E-state index contributed by atoms with van der Waals surface area (Å²) in [6.45, 7) is 2.71. The number of pyridine rings is 1. The number of carbonyl (C=O) groups is 1. The minimum atomic E-state index is -0.268. The molecule has 0 bridgehead atoms. The normalized spacial score (nSPS) is 15.5. The summed E-state index contributed by atoms with van der Waals surface area (Å²) < 4.78 is 0. The first-order chi connectivity index (χ1) is 14.0. The summed E-state index contributed by atoms with van der Waals surface area (Å²) >= 11 is 0. The van der Waals surface area contributed by atoms with Crippen LogP contribution in [0, 0.1) is 0 Å². The van der Waals surface area contributed by atoms with Crippen LogP contribution < -0.4 is 21.3 Å². The zero-order valence-electron chi connectivity index (χ0n) is 17.9. The van der Waals surface area contributed by atoms with Crippen molar-refractivity contribution in [3.63, 3.8) is 0 Å². The quantitative estimate of drug-likeness (QED) is 0.301. The van der Waals surface area contributed by atoms with E-state index in [4.69, 9.17) is 10.7 Å². The SMILES string of the molecule is CN=C(NCc1cc(N(C)C)nc2ccccc12)NC1CCN(CC(N)=O)CC1.I. The van der Waals surface area contributed by atoms with Gasteiger partial charge in [0.05, 0.1) is 12.1 Å². The molecule has 1 aromatic carbocycles. The van der Waals surface area contributed by atoms with E-state index < -0.39 is 0 Å². The number of likely N-dealkylation sites (tertiary alicyclic amines) is 1. The van der Waals surface area contributed by atoms with E-state index in [1.54, 1.807) is 7.05 Å². The first-order valence-electron chi connectivity index (χ1n) is 10.00. The Hall–Kier alpha value is -2.14. The van der Waals surface area contributed by atoms with E-state index in [0.29, 0.717) is 19.1 Å².